The molecule has 0 unspecified atom stereocenters. The summed E-state index contributed by atoms with van der Waals surface area (Å²) in [5.41, 5.74) is 0.488. The molecule has 2 aromatic heterocycles. The van der Waals surface area contributed by atoms with Crippen molar-refractivity contribution in [2.75, 3.05) is 11.9 Å². The largest absolute Gasteiger partial charge is 0.489 e. The Labute approximate surface area is 255 Å². The van der Waals surface area contributed by atoms with Crippen LogP contribution in [0.1, 0.15) is 43.2 Å². The van der Waals surface area contributed by atoms with E-state index in [9.17, 15) is 32.7 Å². The molecule has 1 aliphatic heterocycles. The molecule has 2 aliphatic rings. The van der Waals surface area contributed by atoms with Crippen LogP contribution in [0.25, 0.3) is 11.0 Å². The molecule has 3 heterocycles. The number of hydrogen-bond acceptors (Lipinski definition) is 6. The summed E-state index contributed by atoms with van der Waals surface area (Å²) in [6.45, 7) is -0.0339. The van der Waals surface area contributed by atoms with Crippen molar-refractivity contribution < 1.29 is 37.4 Å². The Balaban J connectivity index is 1.23. The summed E-state index contributed by atoms with van der Waals surface area (Å²) in [6, 6.07) is 17.8. The van der Waals surface area contributed by atoms with Gasteiger partial charge in [-0.1, -0.05) is 42.5 Å². The number of benzene rings is 2. The summed E-state index contributed by atoms with van der Waals surface area (Å²) in [5.74, 6) is -3.62. The van der Waals surface area contributed by atoms with Gasteiger partial charge in [0.25, 0.3) is 0 Å². The minimum absolute atomic E-state index is 0.0604. The Kier molecular flexibility index (Phi) is 7.94. The molecule has 45 heavy (non-hydrogen) atoms. The van der Waals surface area contributed by atoms with Gasteiger partial charge in [0, 0.05) is 19.3 Å². The number of fused-ring (bicyclic) bond motifs is 1. The minimum atomic E-state index is -2.94. The number of likely N-dealkylation sites (tertiary alicyclic amines) is 1. The number of carbonyl (C=O) groups is 3. The van der Waals surface area contributed by atoms with Gasteiger partial charge in [-0.2, -0.15) is 9.78 Å². The van der Waals surface area contributed by atoms with Gasteiger partial charge in [-0.05, 0) is 48.2 Å². The summed E-state index contributed by atoms with van der Waals surface area (Å²) in [5, 5.41) is 15.6. The monoisotopic (exact) mass is 621 g/mol. The number of carboxylic acid groups (broad SMARTS) is 1. The molecule has 6 rings (SSSR count). The zero-order valence-electron chi connectivity index (χ0n) is 24.0. The number of carbonyl (C=O) groups excluding carboxylic acids is 2. The highest BCUT2D eigenvalue weighted by molar-refractivity contribution is 6.00. The molecule has 13 heteroatoms. The first-order chi connectivity index (χ1) is 21.5. The smallest absolute Gasteiger partial charge is 0.432 e. The second kappa shape index (κ2) is 11.9. The third-order valence-corrected chi connectivity index (χ3v) is 8.57. The first-order valence-corrected chi connectivity index (χ1v) is 14.5. The van der Waals surface area contributed by atoms with Crippen molar-refractivity contribution in [1.29, 1.82) is 0 Å². The molecule has 4 aromatic rings. The number of alkyl halides is 3. The molecule has 10 nitrogen and oxygen atoms in total. The van der Waals surface area contributed by atoms with E-state index < -0.39 is 54.3 Å². The van der Waals surface area contributed by atoms with E-state index in [0.29, 0.717) is 17.9 Å². The maximum absolute atomic E-state index is 14.9. The Bertz CT molecular complexity index is 1720. The molecule has 234 valence electrons. The summed E-state index contributed by atoms with van der Waals surface area (Å²) >= 11 is 0. The van der Waals surface area contributed by atoms with Crippen LogP contribution in [0.4, 0.5) is 23.8 Å². The number of amides is 2. The third-order valence-electron chi connectivity index (χ3n) is 8.57. The van der Waals surface area contributed by atoms with E-state index in [0.717, 1.165) is 15.1 Å². The normalized spacial score (nSPS) is 20.6. The SMILES string of the molecule is O=C(Nc1ccc2c(cnn2C(=O)O)n1)[C@H]1C[C@@H](F)CN1C(=O)C1(c2ccc(OCc3ccccc3)cc2)CCC(F)(F)CC1. The molecule has 1 saturated heterocycles. The lowest BCUT2D eigenvalue weighted by molar-refractivity contribution is -0.146. The highest BCUT2D eigenvalue weighted by atomic mass is 19.3. The lowest BCUT2D eigenvalue weighted by atomic mass is 9.67. The zero-order chi connectivity index (χ0) is 31.8. The second-order valence-corrected chi connectivity index (χ2v) is 11.5. The van der Waals surface area contributed by atoms with Crippen LogP contribution in [0, 0.1) is 0 Å². The first-order valence-electron chi connectivity index (χ1n) is 14.5. The molecule has 2 amide bonds. The maximum atomic E-state index is 14.9. The van der Waals surface area contributed by atoms with Crippen molar-refractivity contribution in [3.8, 4) is 5.75 Å². The second-order valence-electron chi connectivity index (χ2n) is 11.5. The number of anilines is 1. The van der Waals surface area contributed by atoms with E-state index in [1.54, 1.807) is 24.3 Å². The van der Waals surface area contributed by atoms with Crippen LogP contribution >= 0.6 is 0 Å². The number of ether oxygens (including phenoxy) is 1. The Morgan fingerprint density at radius 1 is 0.978 bits per heavy atom. The fraction of sp³-hybridized carbons (Fsp3) is 0.344. The number of nitrogens with one attached hydrogen (secondary N) is 1. The highest BCUT2D eigenvalue weighted by Crippen LogP contribution is 2.47. The molecule has 2 N–H and O–H groups in total. The van der Waals surface area contributed by atoms with Crippen LogP contribution in [0.3, 0.4) is 0 Å². The minimum Gasteiger partial charge on any atom is -0.489 e. The van der Waals surface area contributed by atoms with Crippen molar-refractivity contribution in [3.63, 3.8) is 0 Å². The van der Waals surface area contributed by atoms with E-state index >= 15 is 0 Å². The predicted molar refractivity (Wildman–Crippen MR) is 157 cm³/mol. The van der Waals surface area contributed by atoms with Crippen LogP contribution < -0.4 is 10.1 Å². The van der Waals surface area contributed by atoms with Crippen molar-refractivity contribution in [1.82, 2.24) is 19.7 Å². The molecule has 0 bridgehead atoms. The van der Waals surface area contributed by atoms with Gasteiger partial charge in [-0.15, -0.1) is 0 Å². The van der Waals surface area contributed by atoms with Crippen LogP contribution in [0.2, 0.25) is 0 Å². The van der Waals surface area contributed by atoms with E-state index in [-0.39, 0.29) is 42.7 Å². The average molecular weight is 622 g/mol. The Hall–Kier alpha value is -4.94. The van der Waals surface area contributed by atoms with Gasteiger partial charge in [-0.25, -0.2) is 22.9 Å². The zero-order valence-corrected chi connectivity index (χ0v) is 24.0. The quantitative estimate of drug-likeness (QED) is 0.277. The van der Waals surface area contributed by atoms with Crippen molar-refractivity contribution >= 4 is 34.8 Å². The summed E-state index contributed by atoms with van der Waals surface area (Å²) in [6.07, 6.45) is -3.23. The third kappa shape index (κ3) is 6.06. The average Bonchev–Trinajstić information content (AvgIpc) is 3.64. The molecular formula is C32H30F3N5O5. The van der Waals surface area contributed by atoms with Gasteiger partial charge in [0.2, 0.25) is 17.7 Å². The molecule has 2 fully saturated rings. The molecular weight excluding hydrogens is 591 g/mol. The number of halogens is 3. The Morgan fingerprint density at radius 3 is 2.38 bits per heavy atom. The lowest BCUT2D eigenvalue weighted by Crippen LogP contribution is -2.54. The maximum Gasteiger partial charge on any atom is 0.432 e. The topological polar surface area (TPSA) is 127 Å². The van der Waals surface area contributed by atoms with Crippen LogP contribution in [0.15, 0.2) is 72.9 Å². The summed E-state index contributed by atoms with van der Waals surface area (Å²) in [4.78, 5) is 44.4. The van der Waals surface area contributed by atoms with E-state index in [2.05, 4.69) is 15.4 Å². The molecule has 1 saturated carbocycles. The van der Waals surface area contributed by atoms with E-state index in [1.165, 1.54) is 18.3 Å². The van der Waals surface area contributed by atoms with E-state index in [1.807, 2.05) is 30.3 Å². The standard InChI is InChI=1S/C32H30F3N5O5/c33-22-16-26(28(41)38-27-11-10-25-24(37-27)17-36-40(25)30(43)44)39(18-22)29(42)31(12-14-32(34,35)15-13-31)21-6-8-23(9-7-21)45-19-20-4-2-1-3-5-20/h1-11,17,22,26H,12-16,18-19H2,(H,43,44)(H,37,38,41)/t22-,26-/m1/s1. The van der Waals surface area contributed by atoms with Crippen LogP contribution in [-0.2, 0) is 21.6 Å². The molecule has 2 atom stereocenters. The van der Waals surface area contributed by atoms with Crippen LogP contribution in [-0.4, -0.2) is 67.4 Å². The van der Waals surface area contributed by atoms with Gasteiger partial charge < -0.3 is 20.1 Å². The first kappa shape index (κ1) is 30.1. The predicted octanol–water partition coefficient (Wildman–Crippen LogP) is 5.56. The van der Waals surface area contributed by atoms with Gasteiger partial charge in [-0.3, -0.25) is 9.59 Å². The molecule has 2 aromatic carbocycles. The number of pyridine rings is 1. The number of hydrogen-bond donors (Lipinski definition) is 2. The highest BCUT2D eigenvalue weighted by Gasteiger charge is 2.53. The van der Waals surface area contributed by atoms with E-state index in [4.69, 9.17) is 4.74 Å². The lowest BCUT2D eigenvalue weighted by Gasteiger charge is -2.42. The van der Waals surface area contributed by atoms with Gasteiger partial charge in [0.15, 0.2) is 0 Å². The van der Waals surface area contributed by atoms with Crippen molar-refractivity contribution in [3.05, 3.63) is 84.1 Å². The fourth-order valence-electron chi connectivity index (χ4n) is 6.16. The molecule has 0 radical (unpaired) electrons. The van der Waals surface area contributed by atoms with Crippen LogP contribution in [0.5, 0.6) is 5.75 Å². The summed E-state index contributed by atoms with van der Waals surface area (Å²) < 4.78 is 50.2. The number of nitrogens with zero attached hydrogens (tertiary/aromatic N) is 4. The molecule has 0 spiro atoms. The Morgan fingerprint density at radius 2 is 1.69 bits per heavy atom. The van der Waals surface area contributed by atoms with Gasteiger partial charge in [0.1, 0.15) is 35.9 Å². The number of rotatable bonds is 7. The van der Waals surface area contributed by atoms with Crippen molar-refractivity contribution in [2.45, 2.75) is 62.3 Å². The van der Waals surface area contributed by atoms with Crippen molar-refractivity contribution in [2.24, 2.45) is 0 Å². The van der Waals surface area contributed by atoms with Gasteiger partial charge >= 0.3 is 6.09 Å². The molecule has 1 aliphatic carbocycles. The summed E-state index contributed by atoms with van der Waals surface area (Å²) in [7, 11) is 0. The van der Waals surface area contributed by atoms with Gasteiger partial charge in [0.05, 0.1) is 23.7 Å². The number of aromatic nitrogens is 3. The fourth-order valence-corrected chi connectivity index (χ4v) is 6.16.